The number of ether oxygens (including phenoxy) is 1. The SMILES string of the molecule is CCC(=C(c1ccc(O)cc1)c1ccc(OCCNC(=O)CCCCCCCCCCCCCCC(=O)N[C@H](C(=O)N2C[C@H](O)C[C@H]2C(=O)NCc2ccc(-c3scnc3C)cc2)C(C)(C)C)cc1)c1ccc(O)cc1. The highest BCUT2D eigenvalue weighted by Crippen LogP contribution is 2.36. The molecule has 0 aliphatic carbocycles. The number of amides is 4. The average molecular weight is 1060 g/mol. The Hall–Kier alpha value is -6.51. The summed E-state index contributed by atoms with van der Waals surface area (Å²) in [5, 5.41) is 39.3. The Labute approximate surface area is 454 Å². The van der Waals surface area contributed by atoms with Gasteiger partial charge in [0.2, 0.25) is 23.6 Å². The first kappa shape index (κ1) is 58.7. The smallest absolute Gasteiger partial charge is 0.246 e. The maximum absolute atomic E-state index is 14.0. The summed E-state index contributed by atoms with van der Waals surface area (Å²) >= 11 is 1.59. The highest BCUT2D eigenvalue weighted by Gasteiger charge is 2.44. The molecule has 6 rings (SSSR count). The van der Waals surface area contributed by atoms with Crippen LogP contribution in [-0.4, -0.2) is 86.7 Å². The molecule has 4 aromatic carbocycles. The van der Waals surface area contributed by atoms with E-state index in [2.05, 4.69) is 27.9 Å². The highest BCUT2D eigenvalue weighted by molar-refractivity contribution is 7.13. The third-order valence-corrected chi connectivity index (χ3v) is 15.1. The van der Waals surface area contributed by atoms with Crippen LogP contribution in [0.4, 0.5) is 0 Å². The van der Waals surface area contributed by atoms with Gasteiger partial charge < -0.3 is 40.9 Å². The van der Waals surface area contributed by atoms with Crippen molar-refractivity contribution in [1.82, 2.24) is 25.8 Å². The van der Waals surface area contributed by atoms with Crippen LogP contribution in [0.2, 0.25) is 0 Å². The van der Waals surface area contributed by atoms with Crippen LogP contribution in [0.1, 0.15) is 158 Å². The molecule has 4 amide bonds. The van der Waals surface area contributed by atoms with Crippen molar-refractivity contribution >= 4 is 46.1 Å². The molecule has 0 saturated carbocycles. The van der Waals surface area contributed by atoms with Crippen molar-refractivity contribution in [3.63, 3.8) is 0 Å². The van der Waals surface area contributed by atoms with Gasteiger partial charge in [-0.25, -0.2) is 4.98 Å². The second-order valence-corrected chi connectivity index (χ2v) is 22.1. The lowest BCUT2D eigenvalue weighted by molar-refractivity contribution is -0.144. The van der Waals surface area contributed by atoms with Crippen LogP contribution in [0.25, 0.3) is 21.6 Å². The van der Waals surface area contributed by atoms with Gasteiger partial charge in [0.1, 0.15) is 35.9 Å². The standard InChI is InChI=1S/C62H81N5O8S/c1-6-53(45-25-31-49(68)32-26-45)57(46-27-33-50(69)34-28-46)47-29-35-52(36-30-47)75-38-37-63-55(71)19-17-15-13-11-9-7-8-10-12-14-16-18-20-56(72)66-59(62(3,4)5)61(74)67-41-51(70)39-54(67)60(73)64-40-44-21-23-48(24-22-44)58-43(2)65-42-76-58/h21-36,42,51,54,59,68-70H,6-20,37-41H2,1-5H3,(H,63,71)(H,64,73)(H,66,72)/t51-,54+,59-/m1/s1. The predicted molar refractivity (Wildman–Crippen MR) is 304 cm³/mol. The van der Waals surface area contributed by atoms with E-state index in [1.165, 1.54) is 37.0 Å². The molecular formula is C62H81N5O8S. The summed E-state index contributed by atoms with van der Waals surface area (Å²) in [7, 11) is 0. The molecule has 76 heavy (non-hydrogen) atoms. The van der Waals surface area contributed by atoms with Gasteiger partial charge in [-0.2, -0.15) is 0 Å². The molecule has 5 aromatic rings. The summed E-state index contributed by atoms with van der Waals surface area (Å²) in [5.74, 6) is 0.313. The number of nitrogens with one attached hydrogen (secondary N) is 3. The number of carbonyl (C=O) groups is 4. The number of likely N-dealkylation sites (tertiary alicyclic amines) is 1. The Kier molecular flexibility index (Phi) is 23.0. The molecule has 1 aliphatic heterocycles. The topological polar surface area (TPSA) is 190 Å². The lowest BCUT2D eigenvalue weighted by Gasteiger charge is -2.35. The van der Waals surface area contributed by atoms with Crippen molar-refractivity contribution in [2.24, 2.45) is 5.41 Å². The van der Waals surface area contributed by atoms with Crippen LogP contribution < -0.4 is 20.7 Å². The summed E-state index contributed by atoms with van der Waals surface area (Å²) in [5.41, 5.74) is 9.32. The highest BCUT2D eigenvalue weighted by atomic mass is 32.1. The Morgan fingerprint density at radius 1 is 0.711 bits per heavy atom. The van der Waals surface area contributed by atoms with E-state index in [-0.39, 0.29) is 54.6 Å². The summed E-state index contributed by atoms with van der Waals surface area (Å²) in [6, 6.07) is 28.6. The second-order valence-electron chi connectivity index (χ2n) is 21.2. The number of aryl methyl sites for hydroxylation is 1. The Bertz CT molecular complexity index is 2640. The van der Waals surface area contributed by atoms with Crippen molar-refractivity contribution < 1.29 is 39.2 Å². The van der Waals surface area contributed by atoms with Gasteiger partial charge in [-0.3, -0.25) is 19.2 Å². The molecule has 0 bridgehead atoms. The molecule has 14 heteroatoms. The number of phenolic OH excluding ortho intramolecular Hbond substituents is 2. The first-order valence-corrected chi connectivity index (χ1v) is 28.4. The molecule has 2 heterocycles. The van der Waals surface area contributed by atoms with Crippen LogP contribution in [-0.2, 0) is 25.7 Å². The van der Waals surface area contributed by atoms with Crippen LogP contribution in [0, 0.1) is 12.3 Å². The van der Waals surface area contributed by atoms with Crippen LogP contribution >= 0.6 is 11.3 Å². The fourth-order valence-electron chi connectivity index (χ4n) is 9.85. The van der Waals surface area contributed by atoms with Crippen molar-refractivity contribution in [2.45, 2.75) is 162 Å². The molecule has 0 spiro atoms. The number of β-amino-alcohol motifs (C(OH)–C–C–N with tert-alkyl or cyclic N) is 1. The molecule has 408 valence electrons. The lowest BCUT2D eigenvalue weighted by Crippen LogP contribution is -2.57. The van der Waals surface area contributed by atoms with Crippen molar-refractivity contribution in [2.75, 3.05) is 19.7 Å². The van der Waals surface area contributed by atoms with E-state index in [0.717, 1.165) is 101 Å². The minimum atomic E-state index is -0.838. The third-order valence-electron chi connectivity index (χ3n) is 14.1. The number of aliphatic hydroxyl groups excluding tert-OH is 1. The number of unbranched alkanes of at least 4 members (excludes halogenated alkanes) is 11. The van der Waals surface area contributed by atoms with Crippen molar-refractivity contribution in [1.29, 1.82) is 0 Å². The number of aromatic hydroxyl groups is 2. The third kappa shape index (κ3) is 18.1. The van der Waals surface area contributed by atoms with E-state index in [9.17, 15) is 34.5 Å². The van der Waals surface area contributed by atoms with Gasteiger partial charge in [0.15, 0.2) is 0 Å². The van der Waals surface area contributed by atoms with Crippen LogP contribution in [0.15, 0.2) is 103 Å². The number of aliphatic hydroxyl groups is 1. The molecule has 1 aliphatic rings. The Balaban J connectivity index is 0.780. The second kappa shape index (κ2) is 29.7. The maximum Gasteiger partial charge on any atom is 0.246 e. The minimum Gasteiger partial charge on any atom is -0.508 e. The summed E-state index contributed by atoms with van der Waals surface area (Å²) in [6.07, 6.45) is 13.7. The number of benzene rings is 4. The Morgan fingerprint density at radius 3 is 1.76 bits per heavy atom. The molecule has 1 fully saturated rings. The van der Waals surface area contributed by atoms with Gasteiger partial charge in [0.05, 0.1) is 28.7 Å². The largest absolute Gasteiger partial charge is 0.508 e. The number of thiazole rings is 1. The van der Waals surface area contributed by atoms with Gasteiger partial charge in [0.25, 0.3) is 0 Å². The number of allylic oxidation sites excluding steroid dienone is 1. The number of rotatable bonds is 29. The first-order valence-electron chi connectivity index (χ1n) is 27.5. The predicted octanol–water partition coefficient (Wildman–Crippen LogP) is 11.7. The molecule has 0 unspecified atom stereocenters. The maximum atomic E-state index is 14.0. The number of hydrogen-bond donors (Lipinski definition) is 6. The zero-order valence-electron chi connectivity index (χ0n) is 45.4. The van der Waals surface area contributed by atoms with Crippen LogP contribution in [0.3, 0.4) is 0 Å². The minimum absolute atomic E-state index is 0.0393. The van der Waals surface area contributed by atoms with Crippen molar-refractivity contribution in [3.05, 3.63) is 131 Å². The Morgan fingerprint density at radius 2 is 1.24 bits per heavy atom. The number of hydrogen-bond acceptors (Lipinski definition) is 10. The molecule has 1 aromatic heterocycles. The van der Waals surface area contributed by atoms with E-state index in [0.29, 0.717) is 31.7 Å². The lowest BCUT2D eigenvalue weighted by atomic mass is 9.85. The van der Waals surface area contributed by atoms with Gasteiger partial charge in [-0.05, 0) is 107 Å². The van der Waals surface area contributed by atoms with Gasteiger partial charge in [0, 0.05) is 32.4 Å². The van der Waals surface area contributed by atoms with Gasteiger partial charge >= 0.3 is 0 Å². The molecular weight excluding hydrogens is 975 g/mol. The van der Waals surface area contributed by atoms with Gasteiger partial charge in [-0.1, -0.05) is 153 Å². The van der Waals surface area contributed by atoms with E-state index in [1.54, 1.807) is 35.6 Å². The monoisotopic (exact) mass is 1060 g/mol. The van der Waals surface area contributed by atoms with E-state index in [1.807, 2.05) is 106 Å². The zero-order valence-corrected chi connectivity index (χ0v) is 46.2. The summed E-state index contributed by atoms with van der Waals surface area (Å²) in [6.45, 7) is 10.9. The molecule has 13 nitrogen and oxygen atoms in total. The quantitative estimate of drug-likeness (QED) is 0.0200. The van der Waals surface area contributed by atoms with E-state index in [4.69, 9.17) is 4.74 Å². The number of carbonyl (C=O) groups excluding carboxylic acids is 4. The van der Waals surface area contributed by atoms with E-state index >= 15 is 0 Å². The molecule has 6 N–H and O–H groups in total. The van der Waals surface area contributed by atoms with Gasteiger partial charge in [-0.15, -0.1) is 11.3 Å². The normalized spacial score (nSPS) is 15.2. The first-order chi connectivity index (χ1) is 36.6. The zero-order chi connectivity index (χ0) is 54.5. The molecule has 0 radical (unpaired) electrons. The van der Waals surface area contributed by atoms with Crippen molar-refractivity contribution in [3.8, 4) is 27.7 Å². The van der Waals surface area contributed by atoms with Crippen LogP contribution in [0.5, 0.6) is 17.2 Å². The fraction of sp³-hybridized carbons (Fsp3) is 0.468. The summed E-state index contributed by atoms with van der Waals surface area (Å²) in [4.78, 5) is 60.0. The van der Waals surface area contributed by atoms with E-state index < -0.39 is 23.6 Å². The fourth-order valence-corrected chi connectivity index (χ4v) is 10.7. The average Bonchev–Trinajstić information content (AvgIpc) is 4.03. The number of aromatic nitrogens is 1. The summed E-state index contributed by atoms with van der Waals surface area (Å²) < 4.78 is 5.97. The number of phenols is 2. The molecule has 3 atom stereocenters. The molecule has 1 saturated heterocycles. The number of nitrogens with zero attached hydrogens (tertiary/aromatic N) is 2.